The molecule has 0 radical (unpaired) electrons. The van der Waals surface area contributed by atoms with Crippen molar-refractivity contribution in [3.63, 3.8) is 0 Å². The van der Waals surface area contributed by atoms with Gasteiger partial charge >= 0.3 is 5.97 Å². The van der Waals surface area contributed by atoms with Gasteiger partial charge < -0.3 is 19.7 Å². The largest absolute Gasteiger partial charge is 0.495 e. The Morgan fingerprint density at radius 2 is 2.25 bits per heavy atom. The summed E-state index contributed by atoms with van der Waals surface area (Å²) in [6, 6.07) is 5.03. The highest BCUT2D eigenvalue weighted by molar-refractivity contribution is 9.10. The molecular formula is C13H13BrN2O4. The van der Waals surface area contributed by atoms with E-state index in [1.165, 1.54) is 7.11 Å². The zero-order valence-electron chi connectivity index (χ0n) is 11.0. The van der Waals surface area contributed by atoms with Gasteiger partial charge in [-0.3, -0.25) is 0 Å². The zero-order valence-corrected chi connectivity index (χ0v) is 12.6. The monoisotopic (exact) mass is 340 g/mol. The summed E-state index contributed by atoms with van der Waals surface area (Å²) in [7, 11) is 1.48. The molecule has 1 heterocycles. The fourth-order valence-electron chi connectivity index (χ4n) is 1.65. The lowest BCUT2D eigenvalue weighted by atomic mass is 10.1. The number of hydrogen-bond acceptors (Lipinski definition) is 6. The van der Waals surface area contributed by atoms with Crippen molar-refractivity contribution in [2.24, 2.45) is 0 Å². The molecule has 2 aromatic rings. The summed E-state index contributed by atoms with van der Waals surface area (Å²) in [5.41, 5.74) is 7.04. The van der Waals surface area contributed by atoms with Crippen LogP contribution in [0.15, 0.2) is 27.2 Å². The van der Waals surface area contributed by atoms with Gasteiger partial charge in [-0.25, -0.2) is 4.79 Å². The SMILES string of the molecule is COc1ccc(Br)c(C(=O)OCc2cc(C)no2)c1N. The molecule has 0 unspecified atom stereocenters. The number of carbonyl (C=O) groups excluding carboxylic acids is 1. The van der Waals surface area contributed by atoms with Crippen molar-refractivity contribution in [1.29, 1.82) is 0 Å². The van der Waals surface area contributed by atoms with Crippen LogP contribution < -0.4 is 10.5 Å². The number of aryl methyl sites for hydroxylation is 1. The number of esters is 1. The van der Waals surface area contributed by atoms with E-state index in [1.807, 2.05) is 0 Å². The van der Waals surface area contributed by atoms with Gasteiger partial charge in [-0.1, -0.05) is 5.16 Å². The van der Waals surface area contributed by atoms with Gasteiger partial charge in [-0.2, -0.15) is 0 Å². The average Bonchev–Trinajstić information content (AvgIpc) is 2.82. The lowest BCUT2D eigenvalue weighted by Crippen LogP contribution is -2.10. The lowest BCUT2D eigenvalue weighted by molar-refractivity contribution is 0.0437. The Balaban J connectivity index is 2.16. The second kappa shape index (κ2) is 5.96. The van der Waals surface area contributed by atoms with Crippen LogP contribution in [0, 0.1) is 6.92 Å². The number of halogens is 1. The van der Waals surface area contributed by atoms with Crippen LogP contribution in [0.25, 0.3) is 0 Å². The van der Waals surface area contributed by atoms with Crippen LogP contribution in [0.3, 0.4) is 0 Å². The first kappa shape index (κ1) is 14.4. The number of nitrogens with zero attached hydrogens (tertiary/aromatic N) is 1. The van der Waals surface area contributed by atoms with E-state index in [1.54, 1.807) is 25.1 Å². The number of nitrogen functional groups attached to an aromatic ring is 1. The summed E-state index contributed by atoms with van der Waals surface area (Å²) < 4.78 is 15.7. The summed E-state index contributed by atoms with van der Waals surface area (Å²) in [6.45, 7) is 1.77. The molecule has 0 aliphatic rings. The van der Waals surface area contributed by atoms with Gasteiger partial charge in [-0.05, 0) is 35.0 Å². The molecule has 1 aromatic heterocycles. The molecule has 6 nitrogen and oxygen atoms in total. The van der Waals surface area contributed by atoms with Crippen molar-refractivity contribution < 1.29 is 18.8 Å². The van der Waals surface area contributed by atoms with Crippen LogP contribution in [0.1, 0.15) is 21.8 Å². The standard InChI is InChI=1S/C13H13BrN2O4/c1-7-5-8(20-16-7)6-19-13(17)11-9(14)3-4-10(18-2)12(11)15/h3-5H,6,15H2,1-2H3. The number of methoxy groups -OCH3 is 1. The number of aromatic nitrogens is 1. The quantitative estimate of drug-likeness (QED) is 0.680. The van der Waals surface area contributed by atoms with Crippen molar-refractivity contribution in [3.8, 4) is 5.75 Å². The minimum absolute atomic E-state index is 0.0111. The Labute approximate surface area is 124 Å². The third-order valence-corrected chi connectivity index (χ3v) is 3.26. The Morgan fingerprint density at radius 3 is 2.85 bits per heavy atom. The number of carbonyl (C=O) groups is 1. The van der Waals surface area contributed by atoms with Crippen molar-refractivity contribution in [3.05, 3.63) is 39.7 Å². The van der Waals surface area contributed by atoms with E-state index in [2.05, 4.69) is 21.1 Å². The molecule has 0 aliphatic heterocycles. The van der Waals surface area contributed by atoms with Crippen LogP contribution >= 0.6 is 15.9 Å². The minimum atomic E-state index is -0.567. The number of benzene rings is 1. The summed E-state index contributed by atoms with van der Waals surface area (Å²) >= 11 is 3.27. The molecule has 106 valence electrons. The first-order valence-electron chi connectivity index (χ1n) is 5.74. The molecule has 0 amide bonds. The smallest absolute Gasteiger partial charge is 0.341 e. The van der Waals surface area contributed by atoms with E-state index in [9.17, 15) is 4.79 Å². The summed E-state index contributed by atoms with van der Waals surface area (Å²) in [5.74, 6) is 0.312. The second-order valence-electron chi connectivity index (χ2n) is 4.05. The van der Waals surface area contributed by atoms with E-state index in [0.29, 0.717) is 16.0 Å². The van der Waals surface area contributed by atoms with Gasteiger partial charge in [-0.15, -0.1) is 0 Å². The van der Waals surface area contributed by atoms with E-state index in [4.69, 9.17) is 19.7 Å². The average molecular weight is 341 g/mol. The molecule has 0 atom stereocenters. The van der Waals surface area contributed by atoms with Crippen LogP contribution in [-0.2, 0) is 11.3 Å². The highest BCUT2D eigenvalue weighted by Gasteiger charge is 2.19. The van der Waals surface area contributed by atoms with Gasteiger partial charge in [0.05, 0.1) is 18.5 Å². The second-order valence-corrected chi connectivity index (χ2v) is 4.90. The fraction of sp³-hybridized carbons (Fsp3) is 0.231. The molecule has 0 bridgehead atoms. The van der Waals surface area contributed by atoms with Gasteiger partial charge in [0.1, 0.15) is 11.3 Å². The Morgan fingerprint density at radius 1 is 1.50 bits per heavy atom. The maximum Gasteiger partial charge on any atom is 0.341 e. The molecule has 0 saturated carbocycles. The van der Waals surface area contributed by atoms with Crippen molar-refractivity contribution in [1.82, 2.24) is 5.16 Å². The number of ether oxygens (including phenoxy) is 2. The number of hydrogen-bond donors (Lipinski definition) is 1. The van der Waals surface area contributed by atoms with Crippen molar-refractivity contribution in [2.45, 2.75) is 13.5 Å². The number of rotatable bonds is 4. The molecule has 0 spiro atoms. The summed E-state index contributed by atoms with van der Waals surface area (Å²) in [5, 5.41) is 3.71. The predicted molar refractivity (Wildman–Crippen MR) is 75.5 cm³/mol. The van der Waals surface area contributed by atoms with E-state index < -0.39 is 5.97 Å². The molecule has 0 fully saturated rings. The first-order chi connectivity index (χ1) is 9.52. The molecule has 2 N–H and O–H groups in total. The van der Waals surface area contributed by atoms with Crippen LogP contribution in [0.2, 0.25) is 0 Å². The molecular weight excluding hydrogens is 328 g/mol. The third-order valence-electron chi connectivity index (χ3n) is 2.60. The molecule has 0 saturated heterocycles. The van der Waals surface area contributed by atoms with E-state index >= 15 is 0 Å². The van der Waals surface area contributed by atoms with Crippen LogP contribution in [-0.4, -0.2) is 18.2 Å². The first-order valence-corrected chi connectivity index (χ1v) is 6.53. The zero-order chi connectivity index (χ0) is 14.7. The number of nitrogens with two attached hydrogens (primary N) is 1. The molecule has 0 aliphatic carbocycles. The van der Waals surface area contributed by atoms with Gasteiger partial charge in [0, 0.05) is 10.5 Å². The highest BCUT2D eigenvalue weighted by atomic mass is 79.9. The normalized spacial score (nSPS) is 10.3. The maximum absolute atomic E-state index is 12.1. The minimum Gasteiger partial charge on any atom is -0.495 e. The van der Waals surface area contributed by atoms with Gasteiger partial charge in [0.25, 0.3) is 0 Å². The van der Waals surface area contributed by atoms with Gasteiger partial charge in [0.2, 0.25) is 0 Å². The van der Waals surface area contributed by atoms with Crippen molar-refractivity contribution >= 4 is 27.6 Å². The summed E-state index contributed by atoms with van der Waals surface area (Å²) in [4.78, 5) is 12.1. The van der Waals surface area contributed by atoms with E-state index in [0.717, 1.165) is 5.69 Å². The van der Waals surface area contributed by atoms with Crippen LogP contribution in [0.4, 0.5) is 5.69 Å². The lowest BCUT2D eigenvalue weighted by Gasteiger charge is -2.11. The molecule has 20 heavy (non-hydrogen) atoms. The van der Waals surface area contributed by atoms with Crippen LogP contribution in [0.5, 0.6) is 5.75 Å². The maximum atomic E-state index is 12.1. The van der Waals surface area contributed by atoms with Crippen molar-refractivity contribution in [2.75, 3.05) is 12.8 Å². The molecule has 7 heteroatoms. The Kier molecular flexibility index (Phi) is 4.29. The molecule has 2 rings (SSSR count). The predicted octanol–water partition coefficient (Wildman–Crippen LogP) is 2.69. The fourth-order valence-corrected chi connectivity index (χ4v) is 2.16. The van der Waals surface area contributed by atoms with E-state index in [-0.39, 0.29) is 17.9 Å². The number of anilines is 1. The topological polar surface area (TPSA) is 87.6 Å². The third kappa shape index (κ3) is 2.93. The highest BCUT2D eigenvalue weighted by Crippen LogP contribution is 2.32. The summed E-state index contributed by atoms with van der Waals surface area (Å²) in [6.07, 6.45) is 0. The Hall–Kier alpha value is -2.02. The van der Waals surface area contributed by atoms with Gasteiger partial charge in [0.15, 0.2) is 12.4 Å². The molecule has 1 aromatic carbocycles. The Bertz CT molecular complexity index is 639.